The summed E-state index contributed by atoms with van der Waals surface area (Å²) in [5.41, 5.74) is 7.67. The van der Waals surface area contributed by atoms with E-state index in [1.807, 2.05) is 30.3 Å². The molecule has 4 rings (SSSR count). The lowest BCUT2D eigenvalue weighted by atomic mass is 10.2. The predicted octanol–water partition coefficient (Wildman–Crippen LogP) is 0.449. The Hall–Kier alpha value is -2.99. The molecule has 3 heterocycles. The number of hydrogen-bond donors (Lipinski definition) is 3. The van der Waals surface area contributed by atoms with Gasteiger partial charge in [-0.25, -0.2) is 15.0 Å². The van der Waals surface area contributed by atoms with Gasteiger partial charge in [0.05, 0.1) is 19.0 Å². The molecule has 132 valence electrons. The summed E-state index contributed by atoms with van der Waals surface area (Å²) in [6, 6.07) is 9.48. The molecular weight excluding hydrogens is 334 g/mol. The number of benzene rings is 1. The number of nitrogens with zero attached hydrogens (tertiary/aromatic N) is 4. The number of fused-ring (bicyclic) bond motifs is 1. The van der Waals surface area contributed by atoms with Crippen LogP contribution in [0.15, 0.2) is 36.7 Å². The Labute approximate surface area is 149 Å². The first-order chi connectivity index (χ1) is 12.7. The minimum absolute atomic E-state index is 0.162. The molecule has 26 heavy (non-hydrogen) atoms. The van der Waals surface area contributed by atoms with Crippen LogP contribution in [-0.4, -0.2) is 48.5 Å². The number of aromatic nitrogens is 4. The maximum absolute atomic E-state index is 10.2. The zero-order chi connectivity index (χ0) is 18.1. The van der Waals surface area contributed by atoms with Gasteiger partial charge < -0.3 is 20.7 Å². The van der Waals surface area contributed by atoms with Gasteiger partial charge in [-0.2, -0.15) is 0 Å². The average molecular weight is 351 g/mol. The second-order valence-electron chi connectivity index (χ2n) is 6.01. The average Bonchev–Trinajstić information content (AvgIpc) is 3.24. The first-order valence-electron chi connectivity index (χ1n) is 8.17. The first kappa shape index (κ1) is 16.5. The molecule has 0 saturated carbocycles. The molecule has 3 atom stereocenters. The second kappa shape index (κ2) is 6.72. The largest absolute Gasteiger partial charge is 0.394 e. The number of ether oxygens (including phenoxy) is 1. The van der Waals surface area contributed by atoms with Crippen LogP contribution in [0.1, 0.15) is 24.0 Å². The van der Waals surface area contributed by atoms with Crippen molar-refractivity contribution >= 4 is 17.0 Å². The highest BCUT2D eigenvalue weighted by atomic mass is 16.5. The molecule has 8 nitrogen and oxygen atoms in total. The van der Waals surface area contributed by atoms with Crippen molar-refractivity contribution in [3.05, 3.63) is 48.0 Å². The Morgan fingerprint density at radius 3 is 2.77 bits per heavy atom. The van der Waals surface area contributed by atoms with Crippen molar-refractivity contribution in [3.63, 3.8) is 0 Å². The zero-order valence-electron chi connectivity index (χ0n) is 13.8. The van der Waals surface area contributed by atoms with E-state index in [1.165, 1.54) is 6.33 Å². The number of hydrogen-bond acceptors (Lipinski definition) is 7. The molecular formula is C18H17N5O3. The number of imidazole rings is 1. The Balaban J connectivity index is 1.73. The van der Waals surface area contributed by atoms with Crippen LogP contribution in [0, 0.1) is 11.8 Å². The molecule has 0 spiro atoms. The van der Waals surface area contributed by atoms with Crippen molar-refractivity contribution < 1.29 is 14.9 Å². The normalized spacial score (nSPS) is 22.3. The second-order valence-corrected chi connectivity index (χ2v) is 6.01. The van der Waals surface area contributed by atoms with Gasteiger partial charge in [0.2, 0.25) is 5.82 Å². The van der Waals surface area contributed by atoms with Gasteiger partial charge >= 0.3 is 0 Å². The predicted molar refractivity (Wildman–Crippen MR) is 93.8 cm³/mol. The SMILES string of the molecule is Nc1nc(C#Cc2ccccc2)nc2c1ncn2[C@@H]1O[C@H](CO)C[C@H]1O. The van der Waals surface area contributed by atoms with Crippen LogP contribution in [0.2, 0.25) is 0 Å². The van der Waals surface area contributed by atoms with E-state index in [0.717, 1.165) is 5.56 Å². The summed E-state index contributed by atoms with van der Waals surface area (Å²) < 4.78 is 7.27. The molecule has 0 unspecified atom stereocenters. The Bertz CT molecular complexity index is 992. The Kier molecular flexibility index (Phi) is 4.26. The van der Waals surface area contributed by atoms with Gasteiger partial charge in [-0.15, -0.1) is 0 Å². The lowest BCUT2D eigenvalue weighted by molar-refractivity contribution is -0.0486. The molecule has 0 aliphatic carbocycles. The quantitative estimate of drug-likeness (QED) is 0.573. The highest BCUT2D eigenvalue weighted by Gasteiger charge is 2.36. The van der Waals surface area contributed by atoms with Crippen molar-refractivity contribution in [2.45, 2.75) is 24.9 Å². The molecule has 3 aromatic rings. The van der Waals surface area contributed by atoms with Crippen molar-refractivity contribution in [1.82, 2.24) is 19.5 Å². The molecule has 0 amide bonds. The summed E-state index contributed by atoms with van der Waals surface area (Å²) in [5, 5.41) is 19.5. The number of rotatable bonds is 2. The van der Waals surface area contributed by atoms with Crippen LogP contribution in [0.5, 0.6) is 0 Å². The summed E-state index contributed by atoms with van der Waals surface area (Å²) in [4.78, 5) is 12.8. The van der Waals surface area contributed by atoms with E-state index in [4.69, 9.17) is 10.5 Å². The van der Waals surface area contributed by atoms with Gasteiger partial charge in [-0.1, -0.05) is 24.1 Å². The van der Waals surface area contributed by atoms with Crippen LogP contribution in [0.25, 0.3) is 11.2 Å². The lowest BCUT2D eigenvalue weighted by Gasteiger charge is -2.16. The number of nitrogens with two attached hydrogens (primary N) is 1. The van der Waals surface area contributed by atoms with Crippen molar-refractivity contribution in [2.75, 3.05) is 12.3 Å². The Morgan fingerprint density at radius 1 is 1.23 bits per heavy atom. The molecule has 0 bridgehead atoms. The molecule has 1 aliphatic heterocycles. The van der Waals surface area contributed by atoms with Gasteiger partial charge in [-0.05, 0) is 18.1 Å². The number of aliphatic hydroxyl groups excluding tert-OH is 2. The molecule has 8 heteroatoms. The van der Waals surface area contributed by atoms with E-state index in [1.54, 1.807) is 4.57 Å². The van der Waals surface area contributed by atoms with Crippen molar-refractivity contribution in [2.24, 2.45) is 0 Å². The van der Waals surface area contributed by atoms with Gasteiger partial charge in [0.1, 0.15) is 11.6 Å². The molecule has 4 N–H and O–H groups in total. The summed E-state index contributed by atoms with van der Waals surface area (Å²) in [6.07, 6.45) is -0.0650. The minimum atomic E-state index is -0.778. The monoisotopic (exact) mass is 351 g/mol. The molecule has 1 saturated heterocycles. The highest BCUT2D eigenvalue weighted by molar-refractivity contribution is 5.82. The minimum Gasteiger partial charge on any atom is -0.394 e. The molecule has 1 aromatic carbocycles. The highest BCUT2D eigenvalue weighted by Crippen LogP contribution is 2.31. The van der Waals surface area contributed by atoms with Crippen LogP contribution in [0.4, 0.5) is 5.82 Å². The third-order valence-electron chi connectivity index (χ3n) is 4.18. The smallest absolute Gasteiger partial charge is 0.209 e. The maximum atomic E-state index is 10.2. The maximum Gasteiger partial charge on any atom is 0.209 e. The van der Waals surface area contributed by atoms with E-state index in [9.17, 15) is 10.2 Å². The van der Waals surface area contributed by atoms with E-state index >= 15 is 0 Å². The molecule has 2 aromatic heterocycles. The number of anilines is 1. The summed E-state index contributed by atoms with van der Waals surface area (Å²) >= 11 is 0. The summed E-state index contributed by atoms with van der Waals surface area (Å²) in [7, 11) is 0. The van der Waals surface area contributed by atoms with E-state index in [2.05, 4.69) is 26.8 Å². The molecule has 0 radical (unpaired) electrons. The van der Waals surface area contributed by atoms with Crippen LogP contribution in [-0.2, 0) is 4.74 Å². The number of nitrogen functional groups attached to an aromatic ring is 1. The Morgan fingerprint density at radius 2 is 2.04 bits per heavy atom. The molecule has 1 fully saturated rings. The number of aliphatic hydroxyl groups is 2. The van der Waals surface area contributed by atoms with Crippen molar-refractivity contribution in [1.29, 1.82) is 0 Å². The van der Waals surface area contributed by atoms with Gasteiger partial charge in [0.15, 0.2) is 17.7 Å². The van der Waals surface area contributed by atoms with E-state index in [-0.39, 0.29) is 18.2 Å². The fourth-order valence-electron chi connectivity index (χ4n) is 2.93. The fourth-order valence-corrected chi connectivity index (χ4v) is 2.93. The van der Waals surface area contributed by atoms with Crippen molar-refractivity contribution in [3.8, 4) is 11.8 Å². The third kappa shape index (κ3) is 2.99. The van der Waals surface area contributed by atoms with Gasteiger partial charge in [0.25, 0.3) is 0 Å². The van der Waals surface area contributed by atoms with Crippen LogP contribution >= 0.6 is 0 Å². The first-order valence-corrected chi connectivity index (χ1v) is 8.17. The zero-order valence-corrected chi connectivity index (χ0v) is 13.8. The van der Waals surface area contributed by atoms with E-state index < -0.39 is 18.4 Å². The van der Waals surface area contributed by atoms with Crippen LogP contribution < -0.4 is 5.73 Å². The van der Waals surface area contributed by atoms with Gasteiger partial charge in [0, 0.05) is 12.0 Å². The van der Waals surface area contributed by atoms with Crippen LogP contribution in [0.3, 0.4) is 0 Å². The summed E-state index contributed by atoms with van der Waals surface area (Å²) in [5.74, 6) is 6.34. The summed E-state index contributed by atoms with van der Waals surface area (Å²) in [6.45, 7) is -0.162. The topological polar surface area (TPSA) is 119 Å². The standard InChI is InChI=1S/C18H17N5O3/c19-16-15-17(22-14(21-16)7-6-11-4-2-1-3-5-11)23(10-20-15)18-13(25)8-12(9-24)26-18/h1-5,10,12-13,18,24-25H,8-9H2,(H2,19,21,22)/t12-,13+,18+/m0/s1. The fraction of sp³-hybridized carbons (Fsp3) is 0.278. The lowest BCUT2D eigenvalue weighted by Crippen LogP contribution is -2.19. The van der Waals surface area contributed by atoms with E-state index in [0.29, 0.717) is 17.6 Å². The van der Waals surface area contributed by atoms with Gasteiger partial charge in [-0.3, -0.25) is 4.57 Å². The third-order valence-corrected chi connectivity index (χ3v) is 4.18. The molecule has 1 aliphatic rings.